The lowest BCUT2D eigenvalue weighted by molar-refractivity contribution is 0.0994. The lowest BCUT2D eigenvalue weighted by Gasteiger charge is -2.27. The molecule has 0 aliphatic carbocycles. The third-order valence-electron chi connectivity index (χ3n) is 3.04. The standard InChI is InChI=1S/C14H32N2O2/c1-5-16(10-12-18-7-3)14(4)13-15-9-8-11-17-6-2/h14-15H,5-13H2,1-4H3. The molecule has 0 saturated carbocycles. The molecule has 110 valence electrons. The summed E-state index contributed by atoms with van der Waals surface area (Å²) in [6.07, 6.45) is 1.09. The molecule has 0 amide bonds. The largest absolute Gasteiger partial charge is 0.382 e. The van der Waals surface area contributed by atoms with E-state index in [0.29, 0.717) is 6.04 Å². The fraction of sp³-hybridized carbons (Fsp3) is 1.00. The van der Waals surface area contributed by atoms with E-state index < -0.39 is 0 Å². The van der Waals surface area contributed by atoms with Crippen molar-refractivity contribution in [2.75, 3.05) is 52.6 Å². The molecule has 0 rings (SSSR count). The first-order valence-electron chi connectivity index (χ1n) is 7.36. The molecule has 0 aromatic carbocycles. The maximum absolute atomic E-state index is 5.41. The molecule has 0 radical (unpaired) electrons. The van der Waals surface area contributed by atoms with Gasteiger partial charge in [-0.3, -0.25) is 4.90 Å². The van der Waals surface area contributed by atoms with Crippen LogP contribution < -0.4 is 5.32 Å². The molecule has 0 aliphatic heterocycles. The van der Waals surface area contributed by atoms with E-state index in [9.17, 15) is 0 Å². The van der Waals surface area contributed by atoms with Crippen molar-refractivity contribution in [2.24, 2.45) is 0 Å². The highest BCUT2D eigenvalue weighted by Gasteiger charge is 2.10. The van der Waals surface area contributed by atoms with Gasteiger partial charge in [-0.2, -0.15) is 0 Å². The summed E-state index contributed by atoms with van der Waals surface area (Å²) in [5, 5.41) is 3.49. The molecule has 1 N–H and O–H groups in total. The van der Waals surface area contributed by atoms with E-state index in [2.05, 4.69) is 24.1 Å². The van der Waals surface area contributed by atoms with Crippen molar-refractivity contribution in [1.82, 2.24) is 10.2 Å². The molecule has 0 aromatic rings. The topological polar surface area (TPSA) is 33.7 Å². The van der Waals surface area contributed by atoms with Gasteiger partial charge in [0.05, 0.1) is 6.61 Å². The highest BCUT2D eigenvalue weighted by Crippen LogP contribution is 1.97. The summed E-state index contributed by atoms with van der Waals surface area (Å²) in [5.74, 6) is 0. The van der Waals surface area contributed by atoms with Gasteiger partial charge in [-0.15, -0.1) is 0 Å². The maximum Gasteiger partial charge on any atom is 0.0593 e. The number of rotatable bonds is 13. The summed E-state index contributed by atoms with van der Waals surface area (Å²) in [6, 6.07) is 0.558. The van der Waals surface area contributed by atoms with Crippen molar-refractivity contribution in [1.29, 1.82) is 0 Å². The molecule has 18 heavy (non-hydrogen) atoms. The van der Waals surface area contributed by atoms with Crippen molar-refractivity contribution in [3.63, 3.8) is 0 Å². The molecular formula is C14H32N2O2. The Morgan fingerprint density at radius 1 is 1.06 bits per heavy atom. The fourth-order valence-corrected chi connectivity index (χ4v) is 1.90. The normalized spacial score (nSPS) is 13.2. The van der Waals surface area contributed by atoms with Crippen LogP contribution in [0.2, 0.25) is 0 Å². The minimum Gasteiger partial charge on any atom is -0.382 e. The highest BCUT2D eigenvalue weighted by atomic mass is 16.5. The number of nitrogens with zero attached hydrogens (tertiary/aromatic N) is 1. The summed E-state index contributed by atoms with van der Waals surface area (Å²) < 4.78 is 10.7. The highest BCUT2D eigenvalue weighted by molar-refractivity contribution is 4.68. The first-order valence-corrected chi connectivity index (χ1v) is 7.36. The molecule has 0 aromatic heterocycles. The van der Waals surface area contributed by atoms with E-state index in [-0.39, 0.29) is 0 Å². The first kappa shape index (κ1) is 17.8. The average molecular weight is 260 g/mol. The van der Waals surface area contributed by atoms with Crippen LogP contribution in [0.4, 0.5) is 0 Å². The molecule has 0 saturated heterocycles. The molecule has 0 aliphatic rings. The van der Waals surface area contributed by atoms with E-state index in [4.69, 9.17) is 9.47 Å². The SMILES string of the molecule is CCOCCCNCC(C)N(CC)CCOCC. The number of nitrogens with one attached hydrogen (secondary N) is 1. The smallest absolute Gasteiger partial charge is 0.0593 e. The monoisotopic (exact) mass is 260 g/mol. The maximum atomic E-state index is 5.41. The molecule has 4 nitrogen and oxygen atoms in total. The zero-order valence-electron chi connectivity index (χ0n) is 12.7. The van der Waals surface area contributed by atoms with E-state index in [1.165, 1.54) is 0 Å². The van der Waals surface area contributed by atoms with Gasteiger partial charge in [0.2, 0.25) is 0 Å². The molecule has 0 fully saturated rings. The van der Waals surface area contributed by atoms with Gasteiger partial charge < -0.3 is 14.8 Å². The van der Waals surface area contributed by atoms with Gasteiger partial charge in [-0.25, -0.2) is 0 Å². The van der Waals surface area contributed by atoms with Gasteiger partial charge >= 0.3 is 0 Å². The van der Waals surface area contributed by atoms with Gasteiger partial charge in [0, 0.05) is 39.0 Å². The first-order chi connectivity index (χ1) is 8.76. The van der Waals surface area contributed by atoms with Crippen molar-refractivity contribution in [3.05, 3.63) is 0 Å². The summed E-state index contributed by atoms with van der Waals surface area (Å²) in [7, 11) is 0. The quantitative estimate of drug-likeness (QED) is 0.512. The summed E-state index contributed by atoms with van der Waals surface area (Å²) in [5.41, 5.74) is 0. The Bertz CT molecular complexity index is 168. The van der Waals surface area contributed by atoms with Crippen LogP contribution in [0.25, 0.3) is 0 Å². The summed E-state index contributed by atoms with van der Waals surface area (Å²) in [4.78, 5) is 2.45. The van der Waals surface area contributed by atoms with Crippen LogP contribution in [0.15, 0.2) is 0 Å². The Hall–Kier alpha value is -0.160. The Balaban J connectivity index is 3.53. The van der Waals surface area contributed by atoms with E-state index >= 15 is 0 Å². The van der Waals surface area contributed by atoms with E-state index in [1.54, 1.807) is 0 Å². The van der Waals surface area contributed by atoms with Gasteiger partial charge in [0.1, 0.15) is 0 Å². The summed E-state index contributed by atoms with van der Waals surface area (Å²) >= 11 is 0. The molecule has 1 atom stereocenters. The van der Waals surface area contributed by atoms with Gasteiger partial charge in [-0.05, 0) is 40.3 Å². The van der Waals surface area contributed by atoms with Crippen molar-refractivity contribution in [3.8, 4) is 0 Å². The zero-order valence-corrected chi connectivity index (χ0v) is 12.7. The lowest BCUT2D eigenvalue weighted by Crippen LogP contribution is -2.42. The molecule has 0 spiro atoms. The number of hydrogen-bond acceptors (Lipinski definition) is 4. The van der Waals surface area contributed by atoms with Gasteiger partial charge in [-0.1, -0.05) is 6.92 Å². The van der Waals surface area contributed by atoms with Crippen LogP contribution in [0.1, 0.15) is 34.1 Å². The van der Waals surface area contributed by atoms with E-state index in [1.807, 2.05) is 13.8 Å². The third-order valence-corrected chi connectivity index (χ3v) is 3.04. The molecule has 4 heteroatoms. The Kier molecular flexibility index (Phi) is 13.2. The van der Waals surface area contributed by atoms with Crippen LogP contribution in [0.5, 0.6) is 0 Å². The second-order valence-electron chi connectivity index (χ2n) is 4.43. The molecule has 0 bridgehead atoms. The minimum absolute atomic E-state index is 0.558. The molecule has 1 unspecified atom stereocenters. The Morgan fingerprint density at radius 2 is 1.72 bits per heavy atom. The van der Waals surface area contributed by atoms with Crippen LogP contribution in [-0.2, 0) is 9.47 Å². The van der Waals surface area contributed by atoms with Crippen LogP contribution in [-0.4, -0.2) is 63.5 Å². The van der Waals surface area contributed by atoms with Gasteiger partial charge in [0.25, 0.3) is 0 Å². The Morgan fingerprint density at radius 3 is 2.33 bits per heavy atom. The second-order valence-corrected chi connectivity index (χ2v) is 4.43. The minimum atomic E-state index is 0.558. The van der Waals surface area contributed by atoms with E-state index in [0.717, 1.165) is 59.0 Å². The predicted molar refractivity (Wildman–Crippen MR) is 77.2 cm³/mol. The van der Waals surface area contributed by atoms with Gasteiger partial charge in [0.15, 0.2) is 0 Å². The molecule has 0 heterocycles. The summed E-state index contributed by atoms with van der Waals surface area (Å²) in [6.45, 7) is 16.0. The number of likely N-dealkylation sites (N-methyl/N-ethyl adjacent to an activating group) is 1. The van der Waals surface area contributed by atoms with Crippen LogP contribution >= 0.6 is 0 Å². The zero-order chi connectivity index (χ0) is 13.6. The molecular weight excluding hydrogens is 228 g/mol. The number of ether oxygens (including phenoxy) is 2. The Labute approximate surface area is 113 Å². The fourth-order valence-electron chi connectivity index (χ4n) is 1.90. The van der Waals surface area contributed by atoms with Crippen molar-refractivity contribution in [2.45, 2.75) is 40.2 Å². The van der Waals surface area contributed by atoms with Crippen LogP contribution in [0, 0.1) is 0 Å². The van der Waals surface area contributed by atoms with Crippen LogP contribution in [0.3, 0.4) is 0 Å². The predicted octanol–water partition coefficient (Wildman–Crippen LogP) is 1.75. The third kappa shape index (κ3) is 9.83. The van der Waals surface area contributed by atoms with Crippen molar-refractivity contribution >= 4 is 0 Å². The van der Waals surface area contributed by atoms with Crippen molar-refractivity contribution < 1.29 is 9.47 Å². The second kappa shape index (κ2) is 13.3. The average Bonchev–Trinajstić information content (AvgIpc) is 2.38. The lowest BCUT2D eigenvalue weighted by atomic mass is 10.2. The number of hydrogen-bond donors (Lipinski definition) is 1.